The topological polar surface area (TPSA) is 29.4 Å². The maximum absolute atomic E-state index is 10.8. The Hall–Kier alpha value is -0.660. The highest BCUT2D eigenvalue weighted by atomic mass is 16.1. The van der Waals surface area contributed by atoms with Crippen LogP contribution >= 0.6 is 0 Å². The third-order valence-electron chi connectivity index (χ3n) is 1.16. The second-order valence-electron chi connectivity index (χ2n) is 1.80. The smallest absolute Gasteiger partial charge is 0.173 e. The van der Waals surface area contributed by atoms with E-state index >= 15 is 0 Å². The minimum absolute atomic E-state index is 0.433. The standard InChI is InChI=1S/C6H9NO/c1-5(8)6-3-2-4-7-6/h2-4H2,1H3/i1D2. The summed E-state index contributed by atoms with van der Waals surface area (Å²) in [5.41, 5.74) is 0.440. The second kappa shape index (κ2) is 2.07. The van der Waals surface area contributed by atoms with Crippen molar-refractivity contribution in [2.24, 2.45) is 4.99 Å². The van der Waals surface area contributed by atoms with Gasteiger partial charge in [0, 0.05) is 16.2 Å². The number of Topliss-reactive ketones (excluding diaryl/α,β-unsaturated/α-hetero) is 1. The lowest BCUT2D eigenvalue weighted by atomic mass is 10.2. The zero-order chi connectivity index (χ0) is 7.56. The van der Waals surface area contributed by atoms with E-state index in [1.165, 1.54) is 0 Å². The number of hydrogen-bond acceptors (Lipinski definition) is 2. The van der Waals surface area contributed by atoms with E-state index in [4.69, 9.17) is 2.74 Å². The van der Waals surface area contributed by atoms with Crippen molar-refractivity contribution in [3.63, 3.8) is 0 Å². The first-order valence-corrected chi connectivity index (χ1v) is 2.64. The fraction of sp³-hybridized carbons (Fsp3) is 0.667. The summed E-state index contributed by atoms with van der Waals surface area (Å²) < 4.78 is 13.6. The van der Waals surface area contributed by atoms with Gasteiger partial charge in [0.05, 0.1) is 5.71 Å². The SMILES string of the molecule is [2H]C([2H])C(=O)C1=NCCC1. The van der Waals surface area contributed by atoms with E-state index in [0.29, 0.717) is 18.7 Å². The molecule has 0 N–H and O–H groups in total. The molecule has 0 amide bonds. The average Bonchev–Trinajstić information content (AvgIpc) is 2.36. The molecule has 0 fully saturated rings. The Balaban J connectivity index is 2.56. The molecule has 0 aromatic heterocycles. The molecule has 1 heterocycles. The summed E-state index contributed by atoms with van der Waals surface area (Å²) in [4.78, 5) is 14.7. The normalized spacial score (nSPS) is 22.4. The van der Waals surface area contributed by atoms with Gasteiger partial charge in [0.15, 0.2) is 5.78 Å². The van der Waals surface area contributed by atoms with Crippen molar-refractivity contribution in [3.05, 3.63) is 0 Å². The van der Waals surface area contributed by atoms with E-state index < -0.39 is 12.7 Å². The highest BCUT2D eigenvalue weighted by Crippen LogP contribution is 2.03. The van der Waals surface area contributed by atoms with Crippen LogP contribution in [0.3, 0.4) is 0 Å². The number of carbonyl (C=O) groups is 1. The first-order chi connectivity index (χ1) is 4.72. The summed E-state index contributed by atoms with van der Waals surface area (Å²) in [5.74, 6) is -0.433. The molecule has 0 radical (unpaired) electrons. The average molecular weight is 113 g/mol. The quantitative estimate of drug-likeness (QED) is 0.494. The minimum Gasteiger partial charge on any atom is -0.293 e. The first kappa shape index (κ1) is 3.38. The van der Waals surface area contributed by atoms with Gasteiger partial charge in [-0.1, -0.05) is 0 Å². The Kier molecular flexibility index (Phi) is 0.876. The summed E-state index contributed by atoms with van der Waals surface area (Å²) >= 11 is 0. The molecule has 1 rings (SSSR count). The van der Waals surface area contributed by atoms with Crippen LogP contribution in [0.4, 0.5) is 0 Å². The van der Waals surface area contributed by atoms with E-state index in [-0.39, 0.29) is 0 Å². The lowest BCUT2D eigenvalue weighted by Crippen LogP contribution is -2.04. The van der Waals surface area contributed by atoms with Crippen molar-refractivity contribution in [3.8, 4) is 0 Å². The number of ketones is 1. The van der Waals surface area contributed by atoms with Crippen LogP contribution in [0.5, 0.6) is 0 Å². The van der Waals surface area contributed by atoms with Gasteiger partial charge in [-0.15, -0.1) is 0 Å². The van der Waals surface area contributed by atoms with Crippen LogP contribution in [0.25, 0.3) is 0 Å². The highest BCUT2D eigenvalue weighted by molar-refractivity contribution is 6.39. The van der Waals surface area contributed by atoms with E-state index in [0.717, 1.165) is 6.42 Å². The Morgan fingerprint density at radius 1 is 2.00 bits per heavy atom. The van der Waals surface area contributed by atoms with E-state index in [9.17, 15) is 4.79 Å². The van der Waals surface area contributed by atoms with Gasteiger partial charge in [-0.25, -0.2) is 0 Å². The predicted octanol–water partition coefficient (Wildman–Crippen LogP) is 0.810. The molecule has 0 saturated carbocycles. The van der Waals surface area contributed by atoms with Gasteiger partial charge in [-0.2, -0.15) is 0 Å². The molecule has 2 heteroatoms. The molecular weight excluding hydrogens is 102 g/mol. The summed E-state index contributed by atoms with van der Waals surface area (Å²) in [6.45, 7) is -0.690. The number of carbonyl (C=O) groups excluding carboxylic acids is 1. The van der Waals surface area contributed by atoms with Crippen molar-refractivity contribution in [2.45, 2.75) is 19.7 Å². The van der Waals surface area contributed by atoms with Crippen LogP contribution in [0.1, 0.15) is 22.5 Å². The fourth-order valence-corrected chi connectivity index (χ4v) is 0.741. The van der Waals surface area contributed by atoms with E-state index in [2.05, 4.69) is 4.99 Å². The third kappa shape index (κ3) is 0.941. The number of rotatable bonds is 1. The lowest BCUT2D eigenvalue weighted by molar-refractivity contribution is -0.111. The molecule has 0 bridgehead atoms. The molecule has 2 nitrogen and oxygen atoms in total. The molecule has 0 atom stereocenters. The third-order valence-corrected chi connectivity index (χ3v) is 1.16. The predicted molar refractivity (Wildman–Crippen MR) is 32.2 cm³/mol. The summed E-state index contributed by atoms with van der Waals surface area (Å²) in [6.07, 6.45) is 1.56. The van der Waals surface area contributed by atoms with Gasteiger partial charge in [-0.3, -0.25) is 9.79 Å². The molecule has 0 saturated heterocycles. The van der Waals surface area contributed by atoms with Gasteiger partial charge in [0.25, 0.3) is 0 Å². The maximum atomic E-state index is 10.8. The zero-order valence-electron chi connectivity index (χ0n) is 6.55. The van der Waals surface area contributed by atoms with Crippen LogP contribution in [-0.4, -0.2) is 18.0 Å². The fourth-order valence-electron chi connectivity index (χ4n) is 0.741. The minimum atomic E-state index is -1.38. The lowest BCUT2D eigenvalue weighted by Gasteiger charge is -1.86. The van der Waals surface area contributed by atoms with Crippen molar-refractivity contribution >= 4 is 11.5 Å². The van der Waals surface area contributed by atoms with Crippen molar-refractivity contribution in [2.75, 3.05) is 6.54 Å². The van der Waals surface area contributed by atoms with Crippen LogP contribution in [0, 0.1) is 0 Å². The number of nitrogens with zero attached hydrogens (tertiary/aromatic N) is 1. The Morgan fingerprint density at radius 3 is 3.38 bits per heavy atom. The van der Waals surface area contributed by atoms with Crippen LogP contribution < -0.4 is 0 Å². The summed E-state index contributed by atoms with van der Waals surface area (Å²) in [6, 6.07) is 0. The molecule has 0 aromatic rings. The molecule has 8 heavy (non-hydrogen) atoms. The van der Waals surface area contributed by atoms with Gasteiger partial charge in [0.1, 0.15) is 0 Å². The monoisotopic (exact) mass is 113 g/mol. The molecule has 0 spiro atoms. The van der Waals surface area contributed by atoms with Crippen molar-refractivity contribution < 1.29 is 7.54 Å². The Labute approximate surface area is 51.4 Å². The van der Waals surface area contributed by atoms with Crippen LogP contribution in [-0.2, 0) is 4.79 Å². The maximum Gasteiger partial charge on any atom is 0.173 e. The summed E-state index contributed by atoms with van der Waals surface area (Å²) in [7, 11) is 0. The van der Waals surface area contributed by atoms with Crippen molar-refractivity contribution in [1.82, 2.24) is 0 Å². The van der Waals surface area contributed by atoms with Gasteiger partial charge < -0.3 is 0 Å². The van der Waals surface area contributed by atoms with E-state index in [1.54, 1.807) is 0 Å². The molecule has 1 aliphatic heterocycles. The second-order valence-corrected chi connectivity index (χ2v) is 1.80. The summed E-state index contributed by atoms with van der Waals surface area (Å²) in [5, 5.41) is 0. The first-order valence-electron chi connectivity index (χ1n) is 3.79. The van der Waals surface area contributed by atoms with Gasteiger partial charge in [-0.05, 0) is 12.8 Å². The molecule has 0 unspecified atom stereocenters. The zero-order valence-corrected chi connectivity index (χ0v) is 4.55. The van der Waals surface area contributed by atoms with Crippen molar-refractivity contribution in [1.29, 1.82) is 0 Å². The largest absolute Gasteiger partial charge is 0.293 e. The highest BCUT2D eigenvalue weighted by Gasteiger charge is 2.08. The number of hydrogen-bond donors (Lipinski definition) is 0. The number of aliphatic imine (C=N–C) groups is 1. The van der Waals surface area contributed by atoms with Gasteiger partial charge >= 0.3 is 0 Å². The van der Waals surface area contributed by atoms with Gasteiger partial charge in [0.2, 0.25) is 0 Å². The Morgan fingerprint density at radius 2 is 2.88 bits per heavy atom. The molecule has 0 aromatic carbocycles. The molecular formula is C6H9NO. The van der Waals surface area contributed by atoms with Crippen LogP contribution in [0.15, 0.2) is 4.99 Å². The van der Waals surface area contributed by atoms with Crippen LogP contribution in [0.2, 0.25) is 0 Å². The molecule has 44 valence electrons. The Bertz CT molecular complexity index is 177. The molecule has 0 aliphatic carbocycles. The van der Waals surface area contributed by atoms with E-state index in [1.807, 2.05) is 0 Å². The molecule has 1 aliphatic rings.